The summed E-state index contributed by atoms with van der Waals surface area (Å²) in [5.41, 5.74) is 1.68. The van der Waals surface area contributed by atoms with E-state index in [4.69, 9.17) is 4.74 Å². The third-order valence-electron chi connectivity index (χ3n) is 2.47. The number of ether oxygens (including phenoxy) is 1. The van der Waals surface area contributed by atoms with Gasteiger partial charge in [-0.05, 0) is 45.0 Å². The summed E-state index contributed by atoms with van der Waals surface area (Å²) in [5, 5.41) is 6.09. The molecule has 0 bridgehead atoms. The van der Waals surface area contributed by atoms with Gasteiger partial charge in [0.2, 0.25) is 0 Å². The van der Waals surface area contributed by atoms with Crippen molar-refractivity contribution in [2.75, 3.05) is 25.1 Å². The van der Waals surface area contributed by atoms with Gasteiger partial charge in [-0.1, -0.05) is 0 Å². The van der Waals surface area contributed by atoms with E-state index in [1.54, 1.807) is 0 Å². The Labute approximate surface area is 109 Å². The first-order valence-corrected chi connectivity index (χ1v) is 6.39. The fourth-order valence-corrected chi connectivity index (χ4v) is 1.60. The van der Waals surface area contributed by atoms with Gasteiger partial charge in [-0.2, -0.15) is 0 Å². The van der Waals surface area contributed by atoms with Crippen LogP contribution in [0.5, 0.6) is 0 Å². The van der Waals surface area contributed by atoms with Gasteiger partial charge in [0.15, 0.2) is 0 Å². The molecule has 4 nitrogen and oxygen atoms in total. The van der Waals surface area contributed by atoms with Crippen molar-refractivity contribution in [2.45, 2.75) is 26.8 Å². The van der Waals surface area contributed by atoms with Crippen LogP contribution < -0.4 is 10.6 Å². The van der Waals surface area contributed by atoms with E-state index < -0.39 is 0 Å². The lowest BCUT2D eigenvalue weighted by Crippen LogP contribution is -2.23. The molecule has 1 rings (SSSR count). The SMILES string of the molecule is CCNC(=O)c1ccc(NC(C)COCC)cc1. The Morgan fingerprint density at radius 1 is 1.28 bits per heavy atom. The molecule has 4 heteroatoms. The predicted molar refractivity (Wildman–Crippen MR) is 74.0 cm³/mol. The summed E-state index contributed by atoms with van der Waals surface area (Å²) in [6.07, 6.45) is 0. The van der Waals surface area contributed by atoms with Crippen molar-refractivity contribution in [2.24, 2.45) is 0 Å². The number of amides is 1. The third-order valence-corrected chi connectivity index (χ3v) is 2.47. The molecule has 1 atom stereocenters. The lowest BCUT2D eigenvalue weighted by Gasteiger charge is -2.15. The van der Waals surface area contributed by atoms with Crippen molar-refractivity contribution in [1.29, 1.82) is 0 Å². The van der Waals surface area contributed by atoms with Crippen LogP contribution in [-0.2, 0) is 4.74 Å². The molecule has 1 amide bonds. The molecule has 0 saturated heterocycles. The van der Waals surface area contributed by atoms with Crippen LogP contribution in [0.1, 0.15) is 31.1 Å². The van der Waals surface area contributed by atoms with Crippen LogP contribution >= 0.6 is 0 Å². The number of nitrogens with one attached hydrogen (secondary N) is 2. The second-order valence-electron chi connectivity index (χ2n) is 4.14. The maximum absolute atomic E-state index is 11.6. The van der Waals surface area contributed by atoms with Gasteiger partial charge in [0.25, 0.3) is 5.91 Å². The first kappa shape index (κ1) is 14.5. The number of anilines is 1. The molecule has 0 heterocycles. The molecule has 0 fully saturated rings. The summed E-state index contributed by atoms with van der Waals surface area (Å²) in [7, 11) is 0. The number of rotatable bonds is 7. The zero-order valence-corrected chi connectivity index (χ0v) is 11.3. The van der Waals surface area contributed by atoms with Crippen molar-refractivity contribution in [3.05, 3.63) is 29.8 Å². The van der Waals surface area contributed by atoms with Crippen molar-refractivity contribution >= 4 is 11.6 Å². The topological polar surface area (TPSA) is 50.4 Å². The summed E-state index contributed by atoms with van der Waals surface area (Å²) in [5.74, 6) is -0.0357. The van der Waals surface area contributed by atoms with E-state index in [2.05, 4.69) is 17.6 Å². The van der Waals surface area contributed by atoms with E-state index in [1.165, 1.54) is 0 Å². The fourth-order valence-electron chi connectivity index (χ4n) is 1.60. The first-order valence-electron chi connectivity index (χ1n) is 6.39. The average Bonchev–Trinajstić information content (AvgIpc) is 2.37. The van der Waals surface area contributed by atoms with Gasteiger partial charge in [-0.25, -0.2) is 0 Å². The Hall–Kier alpha value is -1.55. The van der Waals surface area contributed by atoms with Crippen LogP contribution in [-0.4, -0.2) is 31.7 Å². The van der Waals surface area contributed by atoms with Gasteiger partial charge >= 0.3 is 0 Å². The van der Waals surface area contributed by atoms with Crippen LogP contribution in [0.15, 0.2) is 24.3 Å². The Kier molecular flexibility index (Phi) is 6.22. The minimum Gasteiger partial charge on any atom is -0.380 e. The second-order valence-corrected chi connectivity index (χ2v) is 4.14. The average molecular weight is 250 g/mol. The highest BCUT2D eigenvalue weighted by Crippen LogP contribution is 2.11. The monoisotopic (exact) mass is 250 g/mol. The van der Waals surface area contributed by atoms with Gasteiger partial charge in [-0.3, -0.25) is 4.79 Å². The molecule has 0 radical (unpaired) electrons. The smallest absolute Gasteiger partial charge is 0.251 e. The summed E-state index contributed by atoms with van der Waals surface area (Å²) in [6.45, 7) is 7.99. The van der Waals surface area contributed by atoms with E-state index in [9.17, 15) is 4.79 Å². The molecule has 2 N–H and O–H groups in total. The van der Waals surface area contributed by atoms with Crippen molar-refractivity contribution in [3.63, 3.8) is 0 Å². The number of hydrogen-bond donors (Lipinski definition) is 2. The van der Waals surface area contributed by atoms with Gasteiger partial charge in [0.05, 0.1) is 6.61 Å². The number of carbonyl (C=O) groups excluding carboxylic acids is 1. The highest BCUT2D eigenvalue weighted by atomic mass is 16.5. The minimum absolute atomic E-state index is 0.0357. The second kappa shape index (κ2) is 7.71. The van der Waals surface area contributed by atoms with Gasteiger partial charge in [0.1, 0.15) is 0 Å². The quantitative estimate of drug-likeness (QED) is 0.780. The predicted octanol–water partition coefficient (Wildman–Crippen LogP) is 2.27. The standard InChI is InChI=1S/C14H22N2O2/c1-4-15-14(17)12-6-8-13(9-7-12)16-11(3)10-18-5-2/h6-9,11,16H,4-5,10H2,1-3H3,(H,15,17). The normalized spacial score (nSPS) is 11.9. The molecular formula is C14H22N2O2. The molecule has 1 aromatic rings. The Bertz CT molecular complexity index is 363. The van der Waals surface area contributed by atoms with E-state index >= 15 is 0 Å². The Balaban J connectivity index is 2.52. The Morgan fingerprint density at radius 2 is 1.94 bits per heavy atom. The first-order chi connectivity index (χ1) is 8.67. The maximum atomic E-state index is 11.6. The van der Waals surface area contributed by atoms with Crippen molar-refractivity contribution < 1.29 is 9.53 Å². The molecule has 0 aliphatic heterocycles. The van der Waals surface area contributed by atoms with Crippen molar-refractivity contribution in [1.82, 2.24) is 5.32 Å². The van der Waals surface area contributed by atoms with Crippen LogP contribution in [0.4, 0.5) is 5.69 Å². The van der Waals surface area contributed by atoms with Crippen molar-refractivity contribution in [3.8, 4) is 0 Å². The zero-order valence-electron chi connectivity index (χ0n) is 11.3. The van der Waals surface area contributed by atoms with Crippen LogP contribution in [0.3, 0.4) is 0 Å². The summed E-state index contributed by atoms with van der Waals surface area (Å²) in [6, 6.07) is 7.71. The van der Waals surface area contributed by atoms with Crippen LogP contribution in [0, 0.1) is 0 Å². The summed E-state index contributed by atoms with van der Waals surface area (Å²) in [4.78, 5) is 11.6. The molecule has 0 aromatic heterocycles. The zero-order chi connectivity index (χ0) is 13.4. The molecule has 0 spiro atoms. The lowest BCUT2D eigenvalue weighted by molar-refractivity contribution is 0.0956. The molecule has 100 valence electrons. The molecule has 0 saturated carbocycles. The number of carbonyl (C=O) groups is 1. The molecule has 1 aromatic carbocycles. The number of benzene rings is 1. The van der Waals surface area contributed by atoms with Gasteiger partial charge in [0, 0.05) is 30.4 Å². The molecule has 1 unspecified atom stereocenters. The molecule has 18 heavy (non-hydrogen) atoms. The third kappa shape index (κ3) is 4.75. The van der Waals surface area contributed by atoms with E-state index in [0.29, 0.717) is 18.7 Å². The van der Waals surface area contributed by atoms with Gasteiger partial charge in [-0.15, -0.1) is 0 Å². The Morgan fingerprint density at radius 3 is 2.50 bits per heavy atom. The number of hydrogen-bond acceptors (Lipinski definition) is 3. The largest absolute Gasteiger partial charge is 0.380 e. The molecule has 0 aliphatic carbocycles. The van der Waals surface area contributed by atoms with E-state index in [-0.39, 0.29) is 11.9 Å². The van der Waals surface area contributed by atoms with Crippen LogP contribution in [0.2, 0.25) is 0 Å². The summed E-state index contributed by atoms with van der Waals surface area (Å²) >= 11 is 0. The van der Waals surface area contributed by atoms with Gasteiger partial charge < -0.3 is 15.4 Å². The highest BCUT2D eigenvalue weighted by molar-refractivity contribution is 5.94. The van der Waals surface area contributed by atoms with Crippen LogP contribution in [0.25, 0.3) is 0 Å². The fraction of sp³-hybridized carbons (Fsp3) is 0.500. The maximum Gasteiger partial charge on any atom is 0.251 e. The lowest BCUT2D eigenvalue weighted by atomic mass is 10.2. The van der Waals surface area contributed by atoms with E-state index in [1.807, 2.05) is 38.1 Å². The van der Waals surface area contributed by atoms with E-state index in [0.717, 1.165) is 12.3 Å². The highest BCUT2D eigenvalue weighted by Gasteiger charge is 2.05. The summed E-state index contributed by atoms with van der Waals surface area (Å²) < 4.78 is 5.33. The molecular weight excluding hydrogens is 228 g/mol. The minimum atomic E-state index is -0.0357. The molecule has 0 aliphatic rings.